The molecule has 0 spiro atoms. The van der Waals surface area contributed by atoms with Crippen LogP contribution in [0.15, 0.2) is 64.6 Å². The largest absolute Gasteiger partial charge is 0.488 e. The predicted molar refractivity (Wildman–Crippen MR) is 98.9 cm³/mol. The second-order valence-electron chi connectivity index (χ2n) is 5.02. The van der Waals surface area contributed by atoms with Crippen molar-refractivity contribution in [1.29, 1.82) is 0 Å². The van der Waals surface area contributed by atoms with Crippen molar-refractivity contribution in [3.63, 3.8) is 0 Å². The van der Waals surface area contributed by atoms with Gasteiger partial charge in [-0.25, -0.2) is 0 Å². The van der Waals surface area contributed by atoms with Crippen LogP contribution < -0.4 is 10.3 Å². The zero-order chi connectivity index (χ0) is 17.6. The van der Waals surface area contributed by atoms with Gasteiger partial charge in [0.05, 0.1) is 6.21 Å². The summed E-state index contributed by atoms with van der Waals surface area (Å²) in [5.74, 6) is 0.637. The molecule has 0 aliphatic rings. The van der Waals surface area contributed by atoms with Gasteiger partial charge in [0.25, 0.3) is 5.56 Å². The van der Waals surface area contributed by atoms with Crippen LogP contribution in [0.5, 0.6) is 5.75 Å². The van der Waals surface area contributed by atoms with E-state index in [1.165, 1.54) is 6.21 Å². The number of hydrogen-bond donors (Lipinski definition) is 1. The highest BCUT2D eigenvalue weighted by atomic mass is 35.5. The first-order valence-corrected chi connectivity index (χ1v) is 8.09. The average molecular weight is 373 g/mol. The van der Waals surface area contributed by atoms with Crippen LogP contribution in [0.25, 0.3) is 0 Å². The lowest BCUT2D eigenvalue weighted by Crippen LogP contribution is -2.18. The summed E-state index contributed by atoms with van der Waals surface area (Å²) in [5.41, 5.74) is 1.29. The number of rotatable bonds is 5. The van der Waals surface area contributed by atoms with E-state index in [0.29, 0.717) is 17.4 Å². The van der Waals surface area contributed by atoms with Gasteiger partial charge in [0.2, 0.25) is 4.77 Å². The fraction of sp³-hybridized carbons (Fsp3) is 0.0588. The lowest BCUT2D eigenvalue weighted by Gasteiger charge is -2.09. The normalized spacial score (nSPS) is 10.9. The summed E-state index contributed by atoms with van der Waals surface area (Å²) >= 11 is 10.9. The Morgan fingerprint density at radius 3 is 2.76 bits per heavy atom. The number of hydrogen-bond acceptors (Lipinski definition) is 5. The molecule has 2 aromatic carbocycles. The van der Waals surface area contributed by atoms with Gasteiger partial charge in [0.1, 0.15) is 18.6 Å². The Kier molecular flexibility index (Phi) is 5.37. The molecule has 0 atom stereocenters. The predicted octanol–water partition coefficient (Wildman–Crippen LogP) is 3.42. The second kappa shape index (κ2) is 7.87. The highest BCUT2D eigenvalue weighted by Crippen LogP contribution is 2.18. The van der Waals surface area contributed by atoms with Crippen LogP contribution in [0, 0.1) is 4.77 Å². The number of para-hydroxylation sites is 1. The van der Waals surface area contributed by atoms with Gasteiger partial charge in [0, 0.05) is 10.6 Å². The number of halogens is 1. The van der Waals surface area contributed by atoms with Crippen molar-refractivity contribution in [2.75, 3.05) is 0 Å². The molecule has 0 aliphatic carbocycles. The van der Waals surface area contributed by atoms with E-state index in [-0.39, 0.29) is 4.77 Å². The van der Waals surface area contributed by atoms with Crippen LogP contribution >= 0.6 is 23.8 Å². The molecule has 0 bridgehead atoms. The van der Waals surface area contributed by atoms with Crippen molar-refractivity contribution in [2.45, 2.75) is 6.61 Å². The van der Waals surface area contributed by atoms with Crippen LogP contribution in [0.3, 0.4) is 0 Å². The van der Waals surface area contributed by atoms with Crippen molar-refractivity contribution < 1.29 is 4.74 Å². The fourth-order valence-corrected chi connectivity index (χ4v) is 2.35. The van der Waals surface area contributed by atoms with E-state index in [9.17, 15) is 4.79 Å². The maximum Gasteiger partial charge on any atom is 0.293 e. The molecule has 0 saturated carbocycles. The minimum atomic E-state index is -0.417. The standard InChI is InChI=1S/C17H13ClN4O2S/c18-14-7-5-12(6-8-14)11-24-15-4-2-1-3-13(15)9-20-22-16(23)10-19-21-17(22)25/h1-10H,11H2,(H,21,25)/b20-9+. The van der Waals surface area contributed by atoms with Gasteiger partial charge in [-0.1, -0.05) is 35.9 Å². The number of nitrogens with zero attached hydrogens (tertiary/aromatic N) is 3. The third-order valence-corrected chi connectivity index (χ3v) is 3.79. The van der Waals surface area contributed by atoms with Crippen LogP contribution in [0.1, 0.15) is 11.1 Å². The summed E-state index contributed by atoms with van der Waals surface area (Å²) < 4.78 is 7.01. The van der Waals surface area contributed by atoms with Gasteiger partial charge in [-0.15, -0.1) is 0 Å². The molecule has 0 unspecified atom stereocenters. The molecule has 0 aliphatic heterocycles. The van der Waals surface area contributed by atoms with Gasteiger partial charge < -0.3 is 4.74 Å². The molecule has 6 nitrogen and oxygen atoms in total. The average Bonchev–Trinajstić information content (AvgIpc) is 2.62. The monoisotopic (exact) mass is 372 g/mol. The van der Waals surface area contributed by atoms with E-state index >= 15 is 0 Å². The summed E-state index contributed by atoms with van der Waals surface area (Å²) in [5, 5.41) is 10.9. The van der Waals surface area contributed by atoms with Crippen molar-refractivity contribution in [3.8, 4) is 5.75 Å². The lowest BCUT2D eigenvalue weighted by atomic mass is 10.2. The van der Waals surface area contributed by atoms with E-state index in [0.717, 1.165) is 22.0 Å². The number of ether oxygens (including phenoxy) is 1. The van der Waals surface area contributed by atoms with Gasteiger partial charge in [-0.05, 0) is 42.0 Å². The highest BCUT2D eigenvalue weighted by molar-refractivity contribution is 7.71. The van der Waals surface area contributed by atoms with Crippen molar-refractivity contribution in [1.82, 2.24) is 14.9 Å². The fourth-order valence-electron chi connectivity index (χ4n) is 2.03. The second-order valence-corrected chi connectivity index (χ2v) is 5.85. The Hall–Kier alpha value is -2.77. The number of H-pyrrole nitrogens is 1. The summed E-state index contributed by atoms with van der Waals surface area (Å²) in [4.78, 5) is 11.7. The Morgan fingerprint density at radius 2 is 2.00 bits per heavy atom. The molecule has 1 heterocycles. The molecule has 126 valence electrons. The van der Waals surface area contributed by atoms with Crippen LogP contribution in [-0.4, -0.2) is 21.1 Å². The number of nitrogens with one attached hydrogen (secondary N) is 1. The number of aromatic nitrogens is 3. The zero-order valence-corrected chi connectivity index (χ0v) is 14.5. The molecule has 3 rings (SSSR count). The maximum atomic E-state index is 11.7. The Labute approximate surface area is 153 Å². The van der Waals surface area contributed by atoms with Gasteiger partial charge in [-0.2, -0.15) is 14.9 Å². The van der Waals surface area contributed by atoms with Crippen LogP contribution in [0.4, 0.5) is 0 Å². The van der Waals surface area contributed by atoms with Gasteiger partial charge in [0.15, 0.2) is 0 Å². The molecule has 3 aromatic rings. The molecule has 0 saturated heterocycles. The third-order valence-electron chi connectivity index (χ3n) is 3.28. The van der Waals surface area contributed by atoms with Gasteiger partial charge >= 0.3 is 0 Å². The zero-order valence-electron chi connectivity index (χ0n) is 12.9. The van der Waals surface area contributed by atoms with Crippen molar-refractivity contribution in [3.05, 3.63) is 86.0 Å². The van der Waals surface area contributed by atoms with Crippen molar-refractivity contribution in [2.24, 2.45) is 5.10 Å². The smallest absolute Gasteiger partial charge is 0.293 e. The molecule has 0 fully saturated rings. The Balaban J connectivity index is 1.81. The summed E-state index contributed by atoms with van der Waals surface area (Å²) in [6.07, 6.45) is 2.62. The molecule has 0 amide bonds. The van der Waals surface area contributed by atoms with Crippen LogP contribution in [0.2, 0.25) is 5.02 Å². The molecule has 25 heavy (non-hydrogen) atoms. The first-order valence-electron chi connectivity index (χ1n) is 7.31. The lowest BCUT2D eigenvalue weighted by molar-refractivity contribution is 0.306. The third kappa shape index (κ3) is 4.40. The quantitative estimate of drug-likeness (QED) is 0.550. The number of benzene rings is 2. The SMILES string of the molecule is O=c1cn[nH]c(=S)n1/N=C/c1ccccc1OCc1ccc(Cl)cc1. The maximum absolute atomic E-state index is 11.7. The van der Waals surface area contributed by atoms with E-state index in [4.69, 9.17) is 28.6 Å². The first-order chi connectivity index (χ1) is 12.1. The summed E-state index contributed by atoms with van der Waals surface area (Å²) in [7, 11) is 0. The van der Waals surface area contributed by atoms with E-state index in [2.05, 4.69) is 15.3 Å². The molecule has 8 heteroatoms. The van der Waals surface area contributed by atoms with E-state index < -0.39 is 5.56 Å². The molecular formula is C17H13ClN4O2S. The molecule has 0 radical (unpaired) electrons. The summed E-state index contributed by atoms with van der Waals surface area (Å²) in [6.45, 7) is 0.386. The Bertz CT molecular complexity index is 984. The minimum absolute atomic E-state index is 0.114. The van der Waals surface area contributed by atoms with Crippen LogP contribution in [-0.2, 0) is 6.61 Å². The first kappa shape index (κ1) is 17.1. The van der Waals surface area contributed by atoms with Gasteiger partial charge in [-0.3, -0.25) is 9.89 Å². The topological polar surface area (TPSA) is 72.3 Å². The Morgan fingerprint density at radius 1 is 1.24 bits per heavy atom. The van der Waals surface area contributed by atoms with E-state index in [1.54, 1.807) is 0 Å². The highest BCUT2D eigenvalue weighted by Gasteiger charge is 2.02. The van der Waals surface area contributed by atoms with E-state index in [1.807, 2.05) is 48.5 Å². The molecule has 1 N–H and O–H groups in total. The molecule has 1 aromatic heterocycles. The van der Waals surface area contributed by atoms with Crippen molar-refractivity contribution >= 4 is 30.0 Å². The summed E-state index contributed by atoms with van der Waals surface area (Å²) in [6, 6.07) is 14.8. The number of aromatic amines is 1. The molecular weight excluding hydrogens is 360 g/mol. The minimum Gasteiger partial charge on any atom is -0.488 e.